The summed E-state index contributed by atoms with van der Waals surface area (Å²) in [6.07, 6.45) is 1.47. The van der Waals surface area contributed by atoms with Gasteiger partial charge in [-0.25, -0.2) is 4.98 Å². The maximum atomic E-state index is 12.7. The molecule has 2 heterocycles. The number of aromatic amines is 2. The van der Waals surface area contributed by atoms with Crippen molar-refractivity contribution in [2.75, 3.05) is 20.3 Å². The topological polar surface area (TPSA) is 118 Å². The minimum atomic E-state index is -0.178. The fraction of sp³-hybridized carbons (Fsp3) is 0.120. The number of ether oxygens (including phenoxy) is 2. The summed E-state index contributed by atoms with van der Waals surface area (Å²) in [5.74, 6) is 1.98. The minimum Gasteiger partial charge on any atom is -0.497 e. The van der Waals surface area contributed by atoms with Gasteiger partial charge in [-0.3, -0.25) is 15.0 Å². The number of methoxy groups -OCH3 is 1. The van der Waals surface area contributed by atoms with Crippen molar-refractivity contribution in [3.05, 3.63) is 78.6 Å². The maximum absolute atomic E-state index is 12.7. The van der Waals surface area contributed by atoms with E-state index in [0.717, 1.165) is 33.5 Å². The van der Waals surface area contributed by atoms with Gasteiger partial charge in [0, 0.05) is 22.1 Å². The molecule has 0 fully saturated rings. The van der Waals surface area contributed by atoms with Crippen LogP contribution in [0.5, 0.6) is 11.5 Å². The van der Waals surface area contributed by atoms with Crippen LogP contribution in [0.1, 0.15) is 10.4 Å². The van der Waals surface area contributed by atoms with Crippen molar-refractivity contribution in [3.63, 3.8) is 0 Å². The second-order valence-electron chi connectivity index (χ2n) is 7.53. The number of nitrogens with zero attached hydrogens (tertiary/aromatic N) is 3. The quantitative estimate of drug-likeness (QED) is 0.307. The first-order valence-corrected chi connectivity index (χ1v) is 10.7. The zero-order chi connectivity index (χ0) is 23.3. The fourth-order valence-corrected chi connectivity index (χ4v) is 3.64. The Hall–Kier alpha value is -4.66. The molecule has 9 heteroatoms. The Kier molecular flexibility index (Phi) is 5.89. The Labute approximate surface area is 195 Å². The minimum absolute atomic E-state index is 0.178. The zero-order valence-electron chi connectivity index (χ0n) is 18.4. The number of hydrogen-bond acceptors (Lipinski definition) is 6. The molecule has 170 valence electrons. The first-order valence-electron chi connectivity index (χ1n) is 10.7. The molecule has 0 atom stereocenters. The number of rotatable bonds is 8. The van der Waals surface area contributed by atoms with E-state index in [0.29, 0.717) is 30.3 Å². The number of aromatic nitrogens is 5. The number of hydrogen-bond donors (Lipinski definition) is 3. The summed E-state index contributed by atoms with van der Waals surface area (Å²) in [7, 11) is 1.62. The van der Waals surface area contributed by atoms with Gasteiger partial charge in [0.1, 0.15) is 24.4 Å². The first kappa shape index (κ1) is 21.2. The molecule has 0 saturated heterocycles. The average molecular weight is 454 g/mol. The third-order valence-electron chi connectivity index (χ3n) is 5.37. The summed E-state index contributed by atoms with van der Waals surface area (Å²) >= 11 is 0. The summed E-state index contributed by atoms with van der Waals surface area (Å²) in [6, 6.07) is 20.6. The molecule has 5 rings (SSSR count). The van der Waals surface area contributed by atoms with Crippen LogP contribution in [-0.4, -0.2) is 51.5 Å². The van der Waals surface area contributed by atoms with E-state index in [1.54, 1.807) is 13.2 Å². The predicted molar refractivity (Wildman–Crippen MR) is 128 cm³/mol. The lowest BCUT2D eigenvalue weighted by atomic mass is 10.0. The number of H-pyrrole nitrogens is 2. The van der Waals surface area contributed by atoms with E-state index in [2.05, 4.69) is 30.7 Å². The van der Waals surface area contributed by atoms with Crippen molar-refractivity contribution in [1.82, 2.24) is 30.7 Å². The van der Waals surface area contributed by atoms with Gasteiger partial charge in [-0.15, -0.1) is 0 Å². The van der Waals surface area contributed by atoms with Crippen molar-refractivity contribution in [2.45, 2.75) is 0 Å². The molecule has 1 amide bonds. The molecule has 0 aliphatic carbocycles. The lowest BCUT2D eigenvalue weighted by Crippen LogP contribution is -2.28. The van der Waals surface area contributed by atoms with Crippen LogP contribution in [0.15, 0.2) is 73.1 Å². The summed E-state index contributed by atoms with van der Waals surface area (Å²) in [5.41, 5.74) is 3.93. The second-order valence-corrected chi connectivity index (χ2v) is 7.53. The molecule has 0 aliphatic heterocycles. The van der Waals surface area contributed by atoms with E-state index >= 15 is 0 Å². The van der Waals surface area contributed by atoms with Crippen LogP contribution < -0.4 is 14.8 Å². The Morgan fingerprint density at radius 2 is 1.82 bits per heavy atom. The number of carbonyl (C=O) groups is 1. The van der Waals surface area contributed by atoms with Gasteiger partial charge in [0.2, 0.25) is 0 Å². The summed E-state index contributed by atoms with van der Waals surface area (Å²) in [6.45, 7) is 0.729. The normalized spacial score (nSPS) is 10.9. The highest BCUT2D eigenvalue weighted by molar-refractivity contribution is 5.98. The highest BCUT2D eigenvalue weighted by Crippen LogP contribution is 2.29. The number of amides is 1. The third-order valence-corrected chi connectivity index (χ3v) is 5.37. The lowest BCUT2D eigenvalue weighted by Gasteiger charge is -2.09. The summed E-state index contributed by atoms with van der Waals surface area (Å²) in [5, 5.41) is 18.1. The van der Waals surface area contributed by atoms with Gasteiger partial charge >= 0.3 is 0 Å². The number of carbonyl (C=O) groups excluding carboxylic acids is 1. The van der Waals surface area contributed by atoms with Crippen molar-refractivity contribution in [2.24, 2.45) is 0 Å². The van der Waals surface area contributed by atoms with Crippen LogP contribution in [0.3, 0.4) is 0 Å². The van der Waals surface area contributed by atoms with E-state index in [9.17, 15) is 4.79 Å². The number of nitrogens with one attached hydrogen (secondary N) is 3. The second kappa shape index (κ2) is 9.45. The predicted octanol–water partition coefficient (Wildman–Crippen LogP) is 3.83. The van der Waals surface area contributed by atoms with Crippen LogP contribution in [0, 0.1) is 0 Å². The van der Waals surface area contributed by atoms with Gasteiger partial charge in [-0.1, -0.05) is 12.1 Å². The van der Waals surface area contributed by atoms with E-state index in [1.807, 2.05) is 60.7 Å². The maximum Gasteiger partial charge on any atom is 0.251 e. The van der Waals surface area contributed by atoms with Crippen LogP contribution >= 0.6 is 0 Å². The summed E-state index contributed by atoms with van der Waals surface area (Å²) < 4.78 is 10.8. The van der Waals surface area contributed by atoms with E-state index in [-0.39, 0.29) is 5.91 Å². The molecule has 0 spiro atoms. The van der Waals surface area contributed by atoms with Gasteiger partial charge in [0.25, 0.3) is 5.91 Å². The van der Waals surface area contributed by atoms with Gasteiger partial charge in [-0.05, 0) is 54.6 Å². The molecule has 5 aromatic rings. The molecule has 0 bridgehead atoms. The lowest BCUT2D eigenvalue weighted by molar-refractivity contribution is 0.0947. The molecule has 3 aromatic carbocycles. The molecule has 34 heavy (non-hydrogen) atoms. The van der Waals surface area contributed by atoms with Crippen LogP contribution in [-0.2, 0) is 0 Å². The van der Waals surface area contributed by atoms with Crippen molar-refractivity contribution in [3.8, 4) is 34.1 Å². The molecular formula is C25H22N6O3. The van der Waals surface area contributed by atoms with Crippen LogP contribution in [0.2, 0.25) is 0 Å². The fourth-order valence-electron chi connectivity index (χ4n) is 3.64. The van der Waals surface area contributed by atoms with Gasteiger partial charge in [-0.2, -0.15) is 10.2 Å². The monoisotopic (exact) mass is 454 g/mol. The molecule has 3 N–H and O–H groups in total. The zero-order valence-corrected chi connectivity index (χ0v) is 18.4. The van der Waals surface area contributed by atoms with Crippen molar-refractivity contribution >= 4 is 16.8 Å². The summed E-state index contributed by atoms with van der Waals surface area (Å²) in [4.78, 5) is 16.9. The molecule has 0 aliphatic rings. The van der Waals surface area contributed by atoms with Crippen molar-refractivity contribution < 1.29 is 14.3 Å². The van der Waals surface area contributed by atoms with Gasteiger partial charge in [0.05, 0.1) is 24.9 Å². The van der Waals surface area contributed by atoms with Crippen molar-refractivity contribution in [1.29, 1.82) is 0 Å². The Morgan fingerprint density at radius 1 is 0.971 bits per heavy atom. The number of benzene rings is 3. The highest BCUT2D eigenvalue weighted by Gasteiger charge is 2.13. The highest BCUT2D eigenvalue weighted by atomic mass is 16.5. The molecule has 2 aromatic heterocycles. The Balaban J connectivity index is 1.27. The van der Waals surface area contributed by atoms with E-state index in [4.69, 9.17) is 9.47 Å². The largest absolute Gasteiger partial charge is 0.497 e. The molecule has 0 unspecified atom stereocenters. The van der Waals surface area contributed by atoms with E-state index < -0.39 is 0 Å². The van der Waals surface area contributed by atoms with Crippen LogP contribution in [0.25, 0.3) is 33.5 Å². The molecule has 0 saturated carbocycles. The SMILES string of the molecule is COc1ccc(OCCNC(=O)c2cccc(-c3n[nH]c4ccc(-c5ncn[nH]5)cc34)c2)cc1. The standard InChI is InChI=1S/C25H22N6O3/c1-33-19-6-8-20(9-7-19)34-12-11-26-25(32)18-4-2-3-16(13-18)23-21-14-17(24-27-15-28-31-24)5-10-22(21)29-30-23/h2-10,13-15H,11-12H2,1H3,(H,26,32)(H,29,30)(H,27,28,31). The molecular weight excluding hydrogens is 432 g/mol. The van der Waals surface area contributed by atoms with Gasteiger partial charge < -0.3 is 14.8 Å². The Bertz CT molecular complexity index is 1410. The van der Waals surface area contributed by atoms with Crippen LogP contribution in [0.4, 0.5) is 0 Å². The molecule has 9 nitrogen and oxygen atoms in total. The van der Waals surface area contributed by atoms with E-state index in [1.165, 1.54) is 6.33 Å². The Morgan fingerprint density at radius 3 is 2.62 bits per heavy atom. The number of fused-ring (bicyclic) bond motifs is 1. The molecule has 0 radical (unpaired) electrons. The smallest absolute Gasteiger partial charge is 0.251 e. The average Bonchev–Trinajstić information content (AvgIpc) is 3.57. The van der Waals surface area contributed by atoms with Gasteiger partial charge in [0.15, 0.2) is 5.82 Å². The first-order chi connectivity index (χ1) is 16.7. The third kappa shape index (κ3) is 4.44.